The molecule has 0 spiro atoms. The summed E-state index contributed by atoms with van der Waals surface area (Å²) in [6.45, 7) is 4.21. The Kier molecular flexibility index (Phi) is 4.46. The van der Waals surface area contributed by atoms with Gasteiger partial charge in [-0.25, -0.2) is 9.97 Å². The first kappa shape index (κ1) is 17.4. The normalized spacial score (nSPS) is 10.9. The van der Waals surface area contributed by atoms with Crippen LogP contribution in [0.1, 0.15) is 11.1 Å². The van der Waals surface area contributed by atoms with Gasteiger partial charge in [0.1, 0.15) is 0 Å². The molecule has 0 radical (unpaired) electrons. The predicted octanol–water partition coefficient (Wildman–Crippen LogP) is 5.23. The minimum Gasteiger partial charge on any atom is -0.332 e. The van der Waals surface area contributed by atoms with Crippen LogP contribution in [0.5, 0.6) is 0 Å². The zero-order valence-corrected chi connectivity index (χ0v) is 16.3. The van der Waals surface area contributed by atoms with Crippen LogP contribution in [0.3, 0.4) is 0 Å². The van der Waals surface area contributed by atoms with E-state index in [1.807, 2.05) is 54.4 Å². The van der Waals surface area contributed by atoms with Crippen molar-refractivity contribution in [1.29, 1.82) is 0 Å². The highest BCUT2D eigenvalue weighted by Gasteiger charge is 2.09. The van der Waals surface area contributed by atoms with Crippen molar-refractivity contribution in [2.75, 3.05) is 17.3 Å². The molecule has 4 nitrogen and oxygen atoms in total. The van der Waals surface area contributed by atoms with Crippen LogP contribution in [-0.4, -0.2) is 22.1 Å². The molecule has 1 heterocycles. The van der Waals surface area contributed by atoms with Crippen LogP contribution in [0, 0.1) is 13.8 Å². The maximum atomic E-state index is 5.60. The average Bonchev–Trinajstić information content (AvgIpc) is 2.67. The van der Waals surface area contributed by atoms with E-state index in [4.69, 9.17) is 17.2 Å². The van der Waals surface area contributed by atoms with Crippen molar-refractivity contribution in [2.24, 2.45) is 0 Å². The molecule has 1 aromatic heterocycles. The third-order valence-corrected chi connectivity index (χ3v) is 5.15. The van der Waals surface area contributed by atoms with Crippen LogP contribution in [-0.2, 0) is 0 Å². The number of nitrogens with zero attached hydrogens (tertiary/aromatic N) is 3. The first-order valence-corrected chi connectivity index (χ1v) is 9.20. The molecule has 0 saturated carbocycles. The molecule has 0 amide bonds. The third kappa shape index (κ3) is 3.46. The smallest absolute Gasteiger partial charge is 0.177 e. The van der Waals surface area contributed by atoms with Gasteiger partial charge in [0.2, 0.25) is 0 Å². The fourth-order valence-electron chi connectivity index (χ4n) is 2.96. The Balaban J connectivity index is 1.61. The monoisotopic (exact) mass is 372 g/mol. The Morgan fingerprint density at radius 1 is 0.815 bits per heavy atom. The standard InChI is InChI=1S/C22H20N4S/c1-14-8-10-17(12-15(14)2)26(3)22(27)23-16-9-11-20-21(13-16)25-19-7-5-4-6-18(19)24-20/h4-13H,1-3H3,(H,23,27). The Morgan fingerprint density at radius 3 is 2.19 bits per heavy atom. The van der Waals surface area contributed by atoms with E-state index in [9.17, 15) is 0 Å². The SMILES string of the molecule is Cc1ccc(N(C)C(=S)Nc2ccc3nc4ccccc4nc3c2)cc1C. The number of nitrogens with one attached hydrogen (secondary N) is 1. The van der Waals surface area contributed by atoms with Crippen molar-refractivity contribution in [3.63, 3.8) is 0 Å². The number of hydrogen-bond acceptors (Lipinski definition) is 3. The molecule has 0 saturated heterocycles. The molecule has 0 atom stereocenters. The van der Waals surface area contributed by atoms with E-state index in [2.05, 4.69) is 42.3 Å². The second-order valence-corrected chi connectivity index (χ2v) is 7.06. The van der Waals surface area contributed by atoms with Crippen molar-refractivity contribution in [1.82, 2.24) is 9.97 Å². The van der Waals surface area contributed by atoms with E-state index in [0.29, 0.717) is 5.11 Å². The molecule has 1 N–H and O–H groups in total. The molecular formula is C22H20N4S. The van der Waals surface area contributed by atoms with Gasteiger partial charge in [-0.15, -0.1) is 0 Å². The van der Waals surface area contributed by atoms with Crippen molar-refractivity contribution >= 4 is 50.8 Å². The number of thiocarbonyl (C=S) groups is 1. The molecule has 4 aromatic rings. The van der Waals surface area contributed by atoms with Gasteiger partial charge in [0, 0.05) is 18.4 Å². The van der Waals surface area contributed by atoms with Crippen molar-refractivity contribution in [2.45, 2.75) is 13.8 Å². The van der Waals surface area contributed by atoms with Gasteiger partial charge in [-0.2, -0.15) is 0 Å². The Morgan fingerprint density at radius 2 is 1.48 bits per heavy atom. The minimum atomic E-state index is 0.631. The lowest BCUT2D eigenvalue weighted by Crippen LogP contribution is -2.30. The first-order valence-electron chi connectivity index (χ1n) is 8.80. The Hall–Kier alpha value is -3.05. The molecule has 0 fully saturated rings. The highest BCUT2D eigenvalue weighted by Crippen LogP contribution is 2.22. The molecule has 4 rings (SSSR count). The second-order valence-electron chi connectivity index (χ2n) is 6.67. The molecule has 134 valence electrons. The van der Waals surface area contributed by atoms with Crippen molar-refractivity contribution in [3.8, 4) is 0 Å². The van der Waals surface area contributed by atoms with E-state index in [1.165, 1.54) is 11.1 Å². The van der Waals surface area contributed by atoms with E-state index in [-0.39, 0.29) is 0 Å². The maximum absolute atomic E-state index is 5.60. The predicted molar refractivity (Wildman–Crippen MR) is 118 cm³/mol. The van der Waals surface area contributed by atoms with Crippen LogP contribution in [0.4, 0.5) is 11.4 Å². The fourth-order valence-corrected chi connectivity index (χ4v) is 3.18. The van der Waals surface area contributed by atoms with Crippen molar-refractivity contribution < 1.29 is 0 Å². The molecule has 0 aliphatic rings. The summed E-state index contributed by atoms with van der Waals surface area (Å²) in [6.07, 6.45) is 0. The number of aryl methyl sites for hydroxylation is 2. The minimum absolute atomic E-state index is 0.631. The molecule has 0 unspecified atom stereocenters. The molecule has 0 bridgehead atoms. The summed E-state index contributed by atoms with van der Waals surface area (Å²) in [5, 5.41) is 3.93. The van der Waals surface area contributed by atoms with Gasteiger partial charge < -0.3 is 10.2 Å². The van der Waals surface area contributed by atoms with Crippen LogP contribution in [0.2, 0.25) is 0 Å². The lowest BCUT2D eigenvalue weighted by Gasteiger charge is -2.22. The van der Waals surface area contributed by atoms with Crippen LogP contribution in [0.25, 0.3) is 22.1 Å². The van der Waals surface area contributed by atoms with E-state index in [1.54, 1.807) is 0 Å². The van der Waals surface area contributed by atoms with Gasteiger partial charge in [-0.05, 0) is 79.7 Å². The summed E-state index contributed by atoms with van der Waals surface area (Å²) in [7, 11) is 1.97. The van der Waals surface area contributed by atoms with E-state index >= 15 is 0 Å². The van der Waals surface area contributed by atoms with Crippen molar-refractivity contribution in [3.05, 3.63) is 71.8 Å². The summed E-state index contributed by atoms with van der Waals surface area (Å²) in [6, 6.07) is 20.1. The second kappa shape index (κ2) is 6.93. The summed E-state index contributed by atoms with van der Waals surface area (Å²) >= 11 is 5.60. The first-order chi connectivity index (χ1) is 13.0. The molecule has 0 aliphatic carbocycles. The number of anilines is 2. The zero-order chi connectivity index (χ0) is 19.0. The molecule has 3 aromatic carbocycles. The van der Waals surface area contributed by atoms with Gasteiger partial charge in [0.15, 0.2) is 5.11 Å². The van der Waals surface area contributed by atoms with Gasteiger partial charge in [-0.3, -0.25) is 0 Å². The van der Waals surface area contributed by atoms with Gasteiger partial charge in [0.25, 0.3) is 0 Å². The fraction of sp³-hybridized carbons (Fsp3) is 0.136. The quantitative estimate of drug-likeness (QED) is 0.385. The topological polar surface area (TPSA) is 41.0 Å². The van der Waals surface area contributed by atoms with Crippen LogP contribution < -0.4 is 10.2 Å². The summed E-state index contributed by atoms with van der Waals surface area (Å²) in [5.41, 5.74) is 7.96. The number of hydrogen-bond donors (Lipinski definition) is 1. The molecule has 0 aliphatic heterocycles. The van der Waals surface area contributed by atoms with Gasteiger partial charge >= 0.3 is 0 Å². The van der Waals surface area contributed by atoms with Crippen LogP contribution in [0.15, 0.2) is 60.7 Å². The Bertz CT molecular complexity index is 1170. The van der Waals surface area contributed by atoms with E-state index in [0.717, 1.165) is 33.4 Å². The highest BCUT2D eigenvalue weighted by molar-refractivity contribution is 7.80. The zero-order valence-electron chi connectivity index (χ0n) is 15.5. The van der Waals surface area contributed by atoms with Crippen LogP contribution >= 0.6 is 12.2 Å². The number of rotatable bonds is 2. The lowest BCUT2D eigenvalue weighted by atomic mass is 10.1. The number of fused-ring (bicyclic) bond motifs is 2. The van der Waals surface area contributed by atoms with E-state index < -0.39 is 0 Å². The number of aromatic nitrogens is 2. The molecular weight excluding hydrogens is 352 g/mol. The summed E-state index contributed by atoms with van der Waals surface area (Å²) in [4.78, 5) is 11.3. The highest BCUT2D eigenvalue weighted by atomic mass is 32.1. The average molecular weight is 372 g/mol. The lowest BCUT2D eigenvalue weighted by molar-refractivity contribution is 1.24. The number of para-hydroxylation sites is 2. The largest absolute Gasteiger partial charge is 0.332 e. The Labute approximate surface area is 163 Å². The van der Waals surface area contributed by atoms with Gasteiger partial charge in [-0.1, -0.05) is 18.2 Å². The molecule has 5 heteroatoms. The summed E-state index contributed by atoms with van der Waals surface area (Å²) < 4.78 is 0. The number of benzene rings is 3. The summed E-state index contributed by atoms with van der Waals surface area (Å²) in [5.74, 6) is 0. The maximum Gasteiger partial charge on any atom is 0.177 e. The third-order valence-electron chi connectivity index (χ3n) is 4.77. The molecule has 27 heavy (non-hydrogen) atoms. The van der Waals surface area contributed by atoms with Gasteiger partial charge in [0.05, 0.1) is 22.1 Å².